The lowest BCUT2D eigenvalue weighted by Gasteiger charge is -2.30. The average Bonchev–Trinajstić information content (AvgIpc) is 3.22. The van der Waals surface area contributed by atoms with Gasteiger partial charge in [0.15, 0.2) is 0 Å². The first-order valence-corrected chi connectivity index (χ1v) is 9.23. The van der Waals surface area contributed by atoms with Gasteiger partial charge < -0.3 is 0 Å². The molecule has 0 N–H and O–H groups in total. The SMILES string of the molecule is C=Cn1ncc(CN(Cc2ccccn2)CC2CCCN2CC)c1C. The van der Waals surface area contributed by atoms with E-state index < -0.39 is 0 Å². The Kier molecular flexibility index (Phi) is 6.00. The van der Waals surface area contributed by atoms with Crippen molar-refractivity contribution in [2.45, 2.75) is 45.8 Å². The Morgan fingerprint density at radius 2 is 2.24 bits per heavy atom. The van der Waals surface area contributed by atoms with E-state index in [0.29, 0.717) is 6.04 Å². The van der Waals surface area contributed by atoms with Gasteiger partial charge in [-0.05, 0) is 45.0 Å². The summed E-state index contributed by atoms with van der Waals surface area (Å²) in [4.78, 5) is 9.64. The summed E-state index contributed by atoms with van der Waals surface area (Å²) < 4.78 is 1.85. The molecule has 134 valence electrons. The predicted molar refractivity (Wildman–Crippen MR) is 102 cm³/mol. The molecule has 3 heterocycles. The molecule has 1 saturated heterocycles. The summed E-state index contributed by atoms with van der Waals surface area (Å²) in [5.41, 5.74) is 3.55. The molecule has 5 heteroatoms. The highest BCUT2D eigenvalue weighted by molar-refractivity contribution is 5.26. The Bertz CT molecular complexity index is 679. The monoisotopic (exact) mass is 339 g/mol. The number of nitrogens with zero attached hydrogens (tertiary/aromatic N) is 5. The highest BCUT2D eigenvalue weighted by Crippen LogP contribution is 2.20. The molecule has 0 aliphatic carbocycles. The highest BCUT2D eigenvalue weighted by Gasteiger charge is 2.25. The van der Waals surface area contributed by atoms with Crippen molar-refractivity contribution in [3.8, 4) is 0 Å². The third kappa shape index (κ3) is 4.35. The topological polar surface area (TPSA) is 37.2 Å². The molecule has 1 aliphatic rings. The molecular formula is C20H29N5. The van der Waals surface area contributed by atoms with Gasteiger partial charge in [-0.15, -0.1) is 0 Å². The molecule has 1 unspecified atom stereocenters. The largest absolute Gasteiger partial charge is 0.299 e. The van der Waals surface area contributed by atoms with Crippen molar-refractivity contribution >= 4 is 6.20 Å². The minimum absolute atomic E-state index is 0.642. The summed E-state index contributed by atoms with van der Waals surface area (Å²) in [6.07, 6.45) is 8.20. The van der Waals surface area contributed by atoms with Gasteiger partial charge in [-0.25, -0.2) is 4.68 Å². The van der Waals surface area contributed by atoms with Crippen LogP contribution in [0, 0.1) is 6.92 Å². The molecule has 2 aromatic heterocycles. The van der Waals surface area contributed by atoms with E-state index in [9.17, 15) is 0 Å². The summed E-state index contributed by atoms with van der Waals surface area (Å²) in [5, 5.41) is 4.40. The van der Waals surface area contributed by atoms with E-state index in [4.69, 9.17) is 0 Å². The lowest BCUT2D eigenvalue weighted by atomic mass is 10.1. The quantitative estimate of drug-likeness (QED) is 0.740. The molecule has 5 nitrogen and oxygen atoms in total. The Morgan fingerprint density at radius 3 is 2.92 bits per heavy atom. The molecule has 0 aromatic carbocycles. The van der Waals surface area contributed by atoms with Gasteiger partial charge in [-0.1, -0.05) is 19.6 Å². The first-order valence-electron chi connectivity index (χ1n) is 9.23. The second-order valence-electron chi connectivity index (χ2n) is 6.80. The molecule has 0 bridgehead atoms. The van der Waals surface area contributed by atoms with Crippen LogP contribution in [0.15, 0.2) is 37.2 Å². The Labute approximate surface area is 151 Å². The number of rotatable bonds is 8. The van der Waals surface area contributed by atoms with E-state index in [0.717, 1.165) is 31.9 Å². The fraction of sp³-hybridized carbons (Fsp3) is 0.500. The highest BCUT2D eigenvalue weighted by atomic mass is 15.3. The second-order valence-corrected chi connectivity index (χ2v) is 6.80. The molecule has 0 saturated carbocycles. The van der Waals surface area contributed by atoms with Crippen LogP contribution in [-0.4, -0.2) is 50.2 Å². The fourth-order valence-electron chi connectivity index (χ4n) is 3.76. The van der Waals surface area contributed by atoms with Crippen LogP contribution >= 0.6 is 0 Å². The summed E-state index contributed by atoms with van der Waals surface area (Å²) in [7, 11) is 0. The smallest absolute Gasteiger partial charge is 0.0544 e. The van der Waals surface area contributed by atoms with Crippen LogP contribution in [0.25, 0.3) is 6.20 Å². The number of likely N-dealkylation sites (N-methyl/N-ethyl adjacent to an activating group) is 1. The van der Waals surface area contributed by atoms with Crippen LogP contribution in [0.4, 0.5) is 0 Å². The molecule has 1 fully saturated rings. The van der Waals surface area contributed by atoms with E-state index in [1.54, 1.807) is 6.20 Å². The minimum atomic E-state index is 0.642. The summed E-state index contributed by atoms with van der Waals surface area (Å²) in [6, 6.07) is 6.79. The second kappa shape index (κ2) is 8.41. The maximum atomic E-state index is 4.53. The zero-order valence-electron chi connectivity index (χ0n) is 15.4. The standard InChI is InChI=1S/C20H29N5/c1-4-24-12-8-10-20(24)16-23(15-19-9-6-7-11-21-19)14-18-13-22-25(5-2)17(18)3/h5-7,9,11,13,20H,2,4,8,10,12,14-16H2,1,3H3. The normalized spacial score (nSPS) is 18.1. The van der Waals surface area contributed by atoms with Gasteiger partial charge >= 0.3 is 0 Å². The molecule has 0 amide bonds. The van der Waals surface area contributed by atoms with Crippen LogP contribution in [-0.2, 0) is 13.1 Å². The van der Waals surface area contributed by atoms with E-state index in [1.165, 1.54) is 30.6 Å². The van der Waals surface area contributed by atoms with E-state index in [2.05, 4.69) is 52.4 Å². The minimum Gasteiger partial charge on any atom is -0.299 e. The van der Waals surface area contributed by atoms with Crippen LogP contribution in [0.1, 0.15) is 36.7 Å². The molecule has 1 atom stereocenters. The van der Waals surface area contributed by atoms with Gasteiger partial charge in [0.25, 0.3) is 0 Å². The van der Waals surface area contributed by atoms with Crippen LogP contribution in [0.2, 0.25) is 0 Å². The van der Waals surface area contributed by atoms with Gasteiger partial charge in [-0.3, -0.25) is 14.8 Å². The number of hydrogen-bond donors (Lipinski definition) is 0. The zero-order chi connectivity index (χ0) is 17.6. The average molecular weight is 339 g/mol. The predicted octanol–water partition coefficient (Wildman–Crippen LogP) is 3.17. The molecule has 1 aliphatic heterocycles. The van der Waals surface area contributed by atoms with E-state index in [-0.39, 0.29) is 0 Å². The number of pyridine rings is 1. The molecule has 0 radical (unpaired) electrons. The number of likely N-dealkylation sites (tertiary alicyclic amines) is 1. The van der Waals surface area contributed by atoms with Crippen LogP contribution < -0.4 is 0 Å². The van der Waals surface area contributed by atoms with Crippen molar-refractivity contribution < 1.29 is 0 Å². The lowest BCUT2D eigenvalue weighted by Crippen LogP contribution is -2.40. The Morgan fingerprint density at radius 1 is 1.36 bits per heavy atom. The molecule has 3 rings (SSSR count). The van der Waals surface area contributed by atoms with Gasteiger partial charge in [0.1, 0.15) is 0 Å². The van der Waals surface area contributed by atoms with Crippen molar-refractivity contribution in [2.24, 2.45) is 0 Å². The summed E-state index contributed by atoms with van der Waals surface area (Å²) >= 11 is 0. The molecule has 25 heavy (non-hydrogen) atoms. The van der Waals surface area contributed by atoms with Gasteiger partial charge in [0, 0.05) is 49.3 Å². The van der Waals surface area contributed by atoms with Gasteiger partial charge in [-0.2, -0.15) is 5.10 Å². The lowest BCUT2D eigenvalue weighted by molar-refractivity contribution is 0.164. The summed E-state index contributed by atoms with van der Waals surface area (Å²) in [5.74, 6) is 0. The van der Waals surface area contributed by atoms with E-state index >= 15 is 0 Å². The first kappa shape index (κ1) is 17.8. The maximum absolute atomic E-state index is 4.53. The third-order valence-electron chi connectivity index (χ3n) is 5.20. The maximum Gasteiger partial charge on any atom is 0.0544 e. The zero-order valence-corrected chi connectivity index (χ0v) is 15.4. The van der Waals surface area contributed by atoms with Crippen molar-refractivity contribution in [1.29, 1.82) is 0 Å². The Hall–Kier alpha value is -1.98. The molecule has 0 spiro atoms. The van der Waals surface area contributed by atoms with Gasteiger partial charge in [0.2, 0.25) is 0 Å². The fourth-order valence-corrected chi connectivity index (χ4v) is 3.76. The third-order valence-corrected chi connectivity index (χ3v) is 5.20. The van der Waals surface area contributed by atoms with Crippen molar-refractivity contribution in [3.63, 3.8) is 0 Å². The van der Waals surface area contributed by atoms with Crippen molar-refractivity contribution in [3.05, 3.63) is 54.1 Å². The first-order chi connectivity index (χ1) is 12.2. The number of hydrogen-bond acceptors (Lipinski definition) is 4. The molecular weight excluding hydrogens is 310 g/mol. The summed E-state index contributed by atoms with van der Waals surface area (Å²) in [6.45, 7) is 13.4. The Balaban J connectivity index is 1.75. The van der Waals surface area contributed by atoms with Crippen LogP contribution in [0.3, 0.4) is 0 Å². The van der Waals surface area contributed by atoms with Gasteiger partial charge in [0.05, 0.1) is 11.9 Å². The van der Waals surface area contributed by atoms with E-state index in [1.807, 2.05) is 23.1 Å². The van der Waals surface area contributed by atoms with Crippen molar-refractivity contribution in [1.82, 2.24) is 24.6 Å². The van der Waals surface area contributed by atoms with Crippen LogP contribution in [0.5, 0.6) is 0 Å². The van der Waals surface area contributed by atoms with Crippen molar-refractivity contribution in [2.75, 3.05) is 19.6 Å². The number of aromatic nitrogens is 3. The molecule has 2 aromatic rings.